The Hall–Kier alpha value is -2.10. The van der Waals surface area contributed by atoms with E-state index in [1.165, 1.54) is 24.8 Å². The highest BCUT2D eigenvalue weighted by Gasteiger charge is 2.23. The SMILES string of the molecule is CC(C)(C)OC(=O)NCc1cc(C2CCC2)c2ncccc2c1. The van der Waals surface area contributed by atoms with E-state index < -0.39 is 5.60 Å². The summed E-state index contributed by atoms with van der Waals surface area (Å²) in [5.74, 6) is 0.605. The maximum absolute atomic E-state index is 11.8. The van der Waals surface area contributed by atoms with Crippen LogP contribution in [0, 0.1) is 0 Å². The fraction of sp³-hybridized carbons (Fsp3) is 0.474. The highest BCUT2D eigenvalue weighted by Crippen LogP contribution is 2.39. The number of aromatic nitrogens is 1. The molecule has 2 aromatic rings. The summed E-state index contributed by atoms with van der Waals surface area (Å²) in [5, 5.41) is 3.98. The number of nitrogens with zero attached hydrogens (tertiary/aromatic N) is 1. The van der Waals surface area contributed by atoms with Gasteiger partial charge in [-0.15, -0.1) is 0 Å². The van der Waals surface area contributed by atoms with Gasteiger partial charge < -0.3 is 10.1 Å². The number of rotatable bonds is 3. The van der Waals surface area contributed by atoms with Crippen LogP contribution in [0.1, 0.15) is 57.1 Å². The van der Waals surface area contributed by atoms with Crippen molar-refractivity contribution in [2.45, 2.75) is 58.1 Å². The zero-order chi connectivity index (χ0) is 16.4. The Balaban J connectivity index is 1.80. The predicted molar refractivity (Wildman–Crippen MR) is 91.4 cm³/mol. The lowest BCUT2D eigenvalue weighted by atomic mass is 9.78. The summed E-state index contributed by atoms with van der Waals surface area (Å²) in [5.41, 5.74) is 3.03. The van der Waals surface area contributed by atoms with Gasteiger partial charge in [-0.1, -0.05) is 18.6 Å². The first kappa shape index (κ1) is 15.8. The smallest absolute Gasteiger partial charge is 0.407 e. The lowest BCUT2D eigenvalue weighted by Gasteiger charge is -2.27. The molecule has 1 aromatic heterocycles. The molecule has 1 N–H and O–H groups in total. The summed E-state index contributed by atoms with van der Waals surface area (Å²) in [4.78, 5) is 16.4. The highest BCUT2D eigenvalue weighted by molar-refractivity contribution is 5.83. The molecule has 0 spiro atoms. The van der Waals surface area contributed by atoms with E-state index in [9.17, 15) is 4.79 Å². The molecule has 122 valence electrons. The molecule has 4 heteroatoms. The van der Waals surface area contributed by atoms with Crippen LogP contribution in [0.3, 0.4) is 0 Å². The van der Waals surface area contributed by atoms with Gasteiger partial charge in [0.15, 0.2) is 0 Å². The Bertz CT molecular complexity index is 715. The molecular formula is C19H24N2O2. The monoisotopic (exact) mass is 312 g/mol. The largest absolute Gasteiger partial charge is 0.444 e. The van der Waals surface area contributed by atoms with Gasteiger partial charge in [0.05, 0.1) is 5.52 Å². The van der Waals surface area contributed by atoms with E-state index in [1.807, 2.05) is 33.0 Å². The second-order valence-corrected chi connectivity index (χ2v) is 7.24. The van der Waals surface area contributed by atoms with Gasteiger partial charge in [-0.25, -0.2) is 4.79 Å². The van der Waals surface area contributed by atoms with Crippen molar-refractivity contribution < 1.29 is 9.53 Å². The van der Waals surface area contributed by atoms with E-state index in [1.54, 1.807) is 0 Å². The maximum Gasteiger partial charge on any atom is 0.407 e. The Kier molecular flexibility index (Phi) is 4.24. The second kappa shape index (κ2) is 6.19. The number of benzene rings is 1. The fourth-order valence-electron chi connectivity index (χ4n) is 2.91. The number of alkyl carbamates (subject to hydrolysis) is 1. The Morgan fingerprint density at radius 3 is 2.78 bits per heavy atom. The summed E-state index contributed by atoms with van der Waals surface area (Å²) in [7, 11) is 0. The molecule has 1 heterocycles. The van der Waals surface area contributed by atoms with E-state index in [-0.39, 0.29) is 6.09 Å². The third-order valence-electron chi connectivity index (χ3n) is 4.17. The van der Waals surface area contributed by atoms with Crippen LogP contribution in [-0.2, 0) is 11.3 Å². The molecule has 1 aliphatic rings. The third kappa shape index (κ3) is 3.81. The third-order valence-corrected chi connectivity index (χ3v) is 4.17. The first-order chi connectivity index (χ1) is 10.9. The van der Waals surface area contributed by atoms with E-state index in [2.05, 4.69) is 28.5 Å². The minimum absolute atomic E-state index is 0.381. The van der Waals surface area contributed by atoms with E-state index >= 15 is 0 Å². The van der Waals surface area contributed by atoms with E-state index in [0.717, 1.165) is 16.5 Å². The van der Waals surface area contributed by atoms with Crippen molar-refractivity contribution in [3.63, 3.8) is 0 Å². The van der Waals surface area contributed by atoms with Crippen molar-refractivity contribution in [3.8, 4) is 0 Å². The Labute approximate surface area is 137 Å². The number of carbonyl (C=O) groups excluding carboxylic acids is 1. The first-order valence-electron chi connectivity index (χ1n) is 8.27. The molecule has 1 fully saturated rings. The molecule has 3 rings (SSSR count). The number of nitrogens with one attached hydrogen (secondary N) is 1. The molecule has 0 atom stereocenters. The van der Waals surface area contributed by atoms with Crippen molar-refractivity contribution >= 4 is 17.0 Å². The Morgan fingerprint density at radius 1 is 1.35 bits per heavy atom. The zero-order valence-corrected chi connectivity index (χ0v) is 14.1. The summed E-state index contributed by atoms with van der Waals surface area (Å²) in [6.07, 6.45) is 5.22. The lowest BCUT2D eigenvalue weighted by Crippen LogP contribution is -2.32. The fourth-order valence-corrected chi connectivity index (χ4v) is 2.91. The number of ether oxygens (including phenoxy) is 1. The standard InChI is InChI=1S/C19H24N2O2/c1-19(2,3)23-18(22)21-12-13-10-15-8-5-9-20-17(15)16(11-13)14-6-4-7-14/h5,8-11,14H,4,6-7,12H2,1-3H3,(H,21,22). The summed E-state index contributed by atoms with van der Waals surface area (Å²) in [6.45, 7) is 6.06. The summed E-state index contributed by atoms with van der Waals surface area (Å²) >= 11 is 0. The van der Waals surface area contributed by atoms with Crippen molar-refractivity contribution in [3.05, 3.63) is 41.6 Å². The van der Waals surface area contributed by atoms with Crippen molar-refractivity contribution in [1.82, 2.24) is 10.3 Å². The summed E-state index contributed by atoms with van der Waals surface area (Å²) in [6, 6.07) is 8.33. The average Bonchev–Trinajstić information content (AvgIpc) is 2.41. The molecule has 0 bridgehead atoms. The van der Waals surface area contributed by atoms with Gasteiger partial charge in [-0.3, -0.25) is 4.98 Å². The molecule has 1 saturated carbocycles. The molecule has 0 aliphatic heterocycles. The topological polar surface area (TPSA) is 51.2 Å². The first-order valence-corrected chi connectivity index (χ1v) is 8.27. The van der Waals surface area contributed by atoms with E-state index in [4.69, 9.17) is 4.74 Å². The minimum Gasteiger partial charge on any atom is -0.444 e. The van der Waals surface area contributed by atoms with Crippen LogP contribution in [0.25, 0.3) is 10.9 Å². The average molecular weight is 312 g/mol. The Morgan fingerprint density at radius 2 is 2.13 bits per heavy atom. The number of pyridine rings is 1. The van der Waals surface area contributed by atoms with Crippen molar-refractivity contribution in [1.29, 1.82) is 0 Å². The molecule has 4 nitrogen and oxygen atoms in total. The maximum atomic E-state index is 11.8. The van der Waals surface area contributed by atoms with Gasteiger partial charge in [0.2, 0.25) is 0 Å². The van der Waals surface area contributed by atoms with Gasteiger partial charge >= 0.3 is 6.09 Å². The number of amides is 1. The summed E-state index contributed by atoms with van der Waals surface area (Å²) < 4.78 is 5.29. The number of hydrogen-bond donors (Lipinski definition) is 1. The van der Waals surface area contributed by atoms with E-state index in [0.29, 0.717) is 12.5 Å². The molecule has 1 amide bonds. The number of carbonyl (C=O) groups is 1. The second-order valence-electron chi connectivity index (χ2n) is 7.24. The normalized spacial score (nSPS) is 15.3. The minimum atomic E-state index is -0.478. The molecule has 1 aliphatic carbocycles. The quantitative estimate of drug-likeness (QED) is 0.906. The van der Waals surface area contributed by atoms with Crippen LogP contribution in [0.4, 0.5) is 4.79 Å². The predicted octanol–water partition coefficient (Wildman–Crippen LogP) is 4.53. The van der Waals surface area contributed by atoms with Crippen LogP contribution in [0.5, 0.6) is 0 Å². The number of fused-ring (bicyclic) bond motifs is 1. The van der Waals surface area contributed by atoms with Crippen molar-refractivity contribution in [2.75, 3.05) is 0 Å². The van der Waals surface area contributed by atoms with Crippen LogP contribution in [0.15, 0.2) is 30.5 Å². The highest BCUT2D eigenvalue weighted by atomic mass is 16.6. The van der Waals surface area contributed by atoms with Crippen LogP contribution in [0.2, 0.25) is 0 Å². The van der Waals surface area contributed by atoms with Crippen LogP contribution in [-0.4, -0.2) is 16.7 Å². The lowest BCUT2D eigenvalue weighted by molar-refractivity contribution is 0.0523. The molecule has 0 saturated heterocycles. The molecule has 0 radical (unpaired) electrons. The molecule has 23 heavy (non-hydrogen) atoms. The van der Waals surface area contributed by atoms with Gasteiger partial charge in [-0.2, -0.15) is 0 Å². The molecule has 1 aromatic carbocycles. The van der Waals surface area contributed by atoms with Gasteiger partial charge in [0.1, 0.15) is 5.60 Å². The van der Waals surface area contributed by atoms with Crippen LogP contribution < -0.4 is 5.32 Å². The van der Waals surface area contributed by atoms with Crippen molar-refractivity contribution in [2.24, 2.45) is 0 Å². The van der Waals surface area contributed by atoms with Crippen LogP contribution >= 0.6 is 0 Å². The molecular weight excluding hydrogens is 288 g/mol. The molecule has 0 unspecified atom stereocenters. The number of hydrogen-bond acceptors (Lipinski definition) is 3. The zero-order valence-electron chi connectivity index (χ0n) is 14.1. The van der Waals surface area contributed by atoms with Gasteiger partial charge in [0.25, 0.3) is 0 Å². The van der Waals surface area contributed by atoms with Gasteiger partial charge in [0, 0.05) is 18.1 Å². The van der Waals surface area contributed by atoms with Gasteiger partial charge in [-0.05, 0) is 62.8 Å².